The fourth-order valence-corrected chi connectivity index (χ4v) is 3.17. The Kier molecular flexibility index (Phi) is 5.29. The lowest BCUT2D eigenvalue weighted by molar-refractivity contribution is 0.217. The standard InChI is InChI=1S/C15H14BrIO3/c1-19-13-7-10(11(16)8-14(13)20-2)15(18)9-5-3-4-6-12(9)17/h3-8,15,18H,1-2H3. The van der Waals surface area contributed by atoms with Crippen molar-refractivity contribution in [3.63, 3.8) is 0 Å². The summed E-state index contributed by atoms with van der Waals surface area (Å²) < 4.78 is 12.3. The summed E-state index contributed by atoms with van der Waals surface area (Å²) in [6.45, 7) is 0. The SMILES string of the molecule is COc1cc(Br)c(C(O)c2ccccc2I)cc1OC. The van der Waals surface area contributed by atoms with E-state index in [1.165, 1.54) is 0 Å². The molecule has 0 spiro atoms. The third-order valence-electron chi connectivity index (χ3n) is 3.00. The number of hydrogen-bond donors (Lipinski definition) is 1. The molecule has 2 aromatic carbocycles. The molecule has 0 aliphatic carbocycles. The Morgan fingerprint density at radius 3 is 2.25 bits per heavy atom. The van der Waals surface area contributed by atoms with Crippen LogP contribution in [0, 0.1) is 3.57 Å². The molecule has 5 heteroatoms. The van der Waals surface area contributed by atoms with Crippen molar-refractivity contribution in [2.45, 2.75) is 6.10 Å². The van der Waals surface area contributed by atoms with Gasteiger partial charge in [0, 0.05) is 13.6 Å². The van der Waals surface area contributed by atoms with Gasteiger partial charge in [-0.3, -0.25) is 0 Å². The van der Waals surface area contributed by atoms with Gasteiger partial charge in [0.05, 0.1) is 14.2 Å². The van der Waals surface area contributed by atoms with E-state index in [-0.39, 0.29) is 0 Å². The molecular weight excluding hydrogens is 435 g/mol. The van der Waals surface area contributed by atoms with E-state index in [2.05, 4.69) is 38.5 Å². The monoisotopic (exact) mass is 448 g/mol. The van der Waals surface area contributed by atoms with Gasteiger partial charge in [0.15, 0.2) is 11.5 Å². The van der Waals surface area contributed by atoms with E-state index in [4.69, 9.17) is 9.47 Å². The van der Waals surface area contributed by atoms with Crippen LogP contribution in [0.3, 0.4) is 0 Å². The van der Waals surface area contributed by atoms with Gasteiger partial charge in [0.1, 0.15) is 6.10 Å². The zero-order chi connectivity index (χ0) is 14.7. The fourth-order valence-electron chi connectivity index (χ4n) is 1.94. The van der Waals surface area contributed by atoms with E-state index >= 15 is 0 Å². The van der Waals surface area contributed by atoms with Crippen LogP contribution in [-0.4, -0.2) is 19.3 Å². The summed E-state index contributed by atoms with van der Waals surface area (Å²) in [5.74, 6) is 1.22. The second-order valence-corrected chi connectivity index (χ2v) is 6.17. The van der Waals surface area contributed by atoms with Crippen LogP contribution in [0.2, 0.25) is 0 Å². The highest BCUT2D eigenvalue weighted by Crippen LogP contribution is 2.38. The molecule has 0 aliphatic heterocycles. The quantitative estimate of drug-likeness (QED) is 0.714. The van der Waals surface area contributed by atoms with Crippen molar-refractivity contribution in [2.75, 3.05) is 14.2 Å². The molecule has 1 unspecified atom stereocenters. The van der Waals surface area contributed by atoms with Crippen molar-refractivity contribution in [1.29, 1.82) is 0 Å². The maximum Gasteiger partial charge on any atom is 0.161 e. The fraction of sp³-hybridized carbons (Fsp3) is 0.200. The lowest BCUT2D eigenvalue weighted by Crippen LogP contribution is -2.04. The van der Waals surface area contributed by atoms with Gasteiger partial charge < -0.3 is 14.6 Å². The van der Waals surface area contributed by atoms with Crippen LogP contribution in [0.5, 0.6) is 11.5 Å². The van der Waals surface area contributed by atoms with E-state index in [1.807, 2.05) is 24.3 Å². The lowest BCUT2D eigenvalue weighted by atomic mass is 10.0. The Bertz CT molecular complexity index is 616. The van der Waals surface area contributed by atoms with Crippen LogP contribution in [-0.2, 0) is 0 Å². The second kappa shape index (κ2) is 6.78. The zero-order valence-corrected chi connectivity index (χ0v) is 14.8. The zero-order valence-electron chi connectivity index (χ0n) is 11.1. The largest absolute Gasteiger partial charge is 0.493 e. The topological polar surface area (TPSA) is 38.7 Å². The summed E-state index contributed by atoms with van der Waals surface area (Å²) in [5, 5.41) is 10.6. The van der Waals surface area contributed by atoms with Crippen LogP contribution in [0.1, 0.15) is 17.2 Å². The highest BCUT2D eigenvalue weighted by molar-refractivity contribution is 14.1. The summed E-state index contributed by atoms with van der Waals surface area (Å²) in [7, 11) is 3.16. The van der Waals surface area contributed by atoms with Crippen LogP contribution < -0.4 is 9.47 Å². The van der Waals surface area contributed by atoms with Gasteiger partial charge in [-0.05, 0) is 46.4 Å². The average molecular weight is 449 g/mol. The summed E-state index contributed by atoms with van der Waals surface area (Å²) in [6, 6.07) is 11.3. The minimum absolute atomic E-state index is 0.593. The molecule has 0 bridgehead atoms. The summed E-state index contributed by atoms with van der Waals surface area (Å²) >= 11 is 5.69. The van der Waals surface area contributed by atoms with Crippen LogP contribution in [0.4, 0.5) is 0 Å². The summed E-state index contributed by atoms with van der Waals surface area (Å²) in [5.41, 5.74) is 1.60. The van der Waals surface area contributed by atoms with Crippen molar-refractivity contribution >= 4 is 38.5 Å². The summed E-state index contributed by atoms with van der Waals surface area (Å²) in [4.78, 5) is 0. The number of halogens is 2. The van der Waals surface area contributed by atoms with Gasteiger partial charge in [0.2, 0.25) is 0 Å². The molecule has 2 aromatic rings. The molecule has 106 valence electrons. The molecule has 1 atom stereocenters. The Morgan fingerprint density at radius 1 is 1.05 bits per heavy atom. The van der Waals surface area contributed by atoms with Crippen molar-refractivity contribution in [3.05, 3.63) is 55.6 Å². The molecule has 0 aliphatic rings. The van der Waals surface area contributed by atoms with E-state index in [0.717, 1.165) is 19.2 Å². The van der Waals surface area contributed by atoms with E-state index < -0.39 is 6.10 Å². The predicted molar refractivity (Wildman–Crippen MR) is 90.5 cm³/mol. The minimum Gasteiger partial charge on any atom is -0.493 e. The molecule has 2 rings (SSSR count). The van der Waals surface area contributed by atoms with Crippen molar-refractivity contribution < 1.29 is 14.6 Å². The molecule has 3 nitrogen and oxygen atoms in total. The Morgan fingerprint density at radius 2 is 1.65 bits per heavy atom. The summed E-state index contributed by atoms with van der Waals surface area (Å²) in [6.07, 6.45) is -0.725. The Balaban J connectivity index is 2.50. The smallest absolute Gasteiger partial charge is 0.161 e. The van der Waals surface area contributed by atoms with Gasteiger partial charge in [0.25, 0.3) is 0 Å². The number of aliphatic hydroxyl groups excluding tert-OH is 1. The van der Waals surface area contributed by atoms with E-state index in [9.17, 15) is 5.11 Å². The van der Waals surface area contributed by atoms with Crippen LogP contribution >= 0.6 is 38.5 Å². The Labute approximate surface area is 140 Å². The highest BCUT2D eigenvalue weighted by Gasteiger charge is 2.19. The number of aliphatic hydroxyl groups is 1. The van der Waals surface area contributed by atoms with Crippen molar-refractivity contribution in [3.8, 4) is 11.5 Å². The first kappa shape index (κ1) is 15.6. The third-order valence-corrected chi connectivity index (χ3v) is 4.67. The minimum atomic E-state index is -0.725. The second-order valence-electron chi connectivity index (χ2n) is 4.15. The van der Waals surface area contributed by atoms with Gasteiger partial charge in [-0.1, -0.05) is 34.1 Å². The number of rotatable bonds is 4. The van der Waals surface area contributed by atoms with Crippen molar-refractivity contribution in [1.82, 2.24) is 0 Å². The van der Waals surface area contributed by atoms with E-state index in [1.54, 1.807) is 26.4 Å². The Hall–Kier alpha value is -0.790. The predicted octanol–water partition coefficient (Wildman–Crippen LogP) is 4.15. The first-order valence-corrected chi connectivity index (χ1v) is 7.79. The number of benzene rings is 2. The molecule has 0 fully saturated rings. The number of ether oxygens (including phenoxy) is 2. The molecule has 0 aromatic heterocycles. The molecule has 0 saturated carbocycles. The molecule has 0 heterocycles. The van der Waals surface area contributed by atoms with Gasteiger partial charge in [-0.2, -0.15) is 0 Å². The average Bonchev–Trinajstić information content (AvgIpc) is 2.46. The first-order chi connectivity index (χ1) is 9.58. The lowest BCUT2D eigenvalue weighted by Gasteiger charge is -2.17. The van der Waals surface area contributed by atoms with Crippen LogP contribution in [0.25, 0.3) is 0 Å². The highest BCUT2D eigenvalue weighted by atomic mass is 127. The van der Waals surface area contributed by atoms with Crippen LogP contribution in [0.15, 0.2) is 40.9 Å². The molecule has 0 saturated heterocycles. The maximum atomic E-state index is 10.6. The molecular formula is C15H14BrIO3. The number of hydrogen-bond acceptors (Lipinski definition) is 3. The first-order valence-electron chi connectivity index (χ1n) is 5.92. The van der Waals surface area contributed by atoms with Crippen molar-refractivity contribution in [2.24, 2.45) is 0 Å². The molecule has 20 heavy (non-hydrogen) atoms. The van der Waals surface area contributed by atoms with Gasteiger partial charge >= 0.3 is 0 Å². The number of methoxy groups -OCH3 is 2. The van der Waals surface area contributed by atoms with E-state index in [0.29, 0.717) is 11.5 Å². The van der Waals surface area contributed by atoms with Gasteiger partial charge in [-0.15, -0.1) is 0 Å². The molecule has 1 N–H and O–H groups in total. The van der Waals surface area contributed by atoms with Gasteiger partial charge in [-0.25, -0.2) is 0 Å². The normalized spacial score (nSPS) is 12.1. The maximum absolute atomic E-state index is 10.6. The molecule has 0 amide bonds. The molecule has 0 radical (unpaired) electrons. The third kappa shape index (κ3) is 3.10.